The highest BCUT2D eigenvalue weighted by molar-refractivity contribution is 6.60. The van der Waals surface area contributed by atoms with Crippen LogP contribution in [0.5, 0.6) is 0 Å². The van der Waals surface area contributed by atoms with Crippen molar-refractivity contribution in [3.63, 3.8) is 0 Å². The van der Waals surface area contributed by atoms with E-state index >= 15 is 0 Å². The van der Waals surface area contributed by atoms with Crippen molar-refractivity contribution in [3.05, 3.63) is 12.3 Å². The molecule has 1 aromatic heterocycles. The first-order valence-corrected chi connectivity index (χ1v) is 4.36. The number of hydrogen-bond acceptors (Lipinski definition) is 3. The molecule has 70 valence electrons. The highest BCUT2D eigenvalue weighted by Gasteiger charge is 2.39. The quantitative estimate of drug-likeness (QED) is 0.568. The largest absolute Gasteiger partial charge is 0.516 e. The van der Waals surface area contributed by atoms with Crippen molar-refractivity contribution in [1.82, 2.24) is 9.78 Å². The highest BCUT2D eigenvalue weighted by Crippen LogP contribution is 2.18. The van der Waals surface area contributed by atoms with Gasteiger partial charge in [0.25, 0.3) is 0 Å². The Morgan fingerprint density at radius 2 is 2.38 bits per heavy atom. The zero-order chi connectivity index (χ0) is 9.47. The fourth-order valence-electron chi connectivity index (χ4n) is 1.34. The van der Waals surface area contributed by atoms with Gasteiger partial charge in [-0.05, 0) is 19.9 Å². The molecule has 0 N–H and O–H groups in total. The minimum atomic E-state index is -0.295. The number of hydrogen-bond donors (Lipinski definition) is 0. The summed E-state index contributed by atoms with van der Waals surface area (Å²) >= 11 is 0. The lowest BCUT2D eigenvalue weighted by Crippen LogP contribution is -2.35. The second-order valence-electron chi connectivity index (χ2n) is 3.93. The Labute approximate surface area is 78.0 Å². The van der Waals surface area contributed by atoms with E-state index in [1.165, 1.54) is 0 Å². The van der Waals surface area contributed by atoms with Crippen LogP contribution in [0.25, 0.3) is 0 Å². The molecule has 0 unspecified atom stereocenters. The standard InChI is InChI=1S/C8H13BN2O2/c1-8(2)6-12-9(13-8)7-4-5-11(3)10-7/h4-5H,6H2,1-3H3. The topological polar surface area (TPSA) is 36.3 Å². The molecule has 0 amide bonds. The predicted molar refractivity (Wildman–Crippen MR) is 49.7 cm³/mol. The third-order valence-electron chi connectivity index (χ3n) is 1.98. The molecule has 0 atom stereocenters. The monoisotopic (exact) mass is 180 g/mol. The lowest BCUT2D eigenvalue weighted by molar-refractivity contribution is 0.137. The Hall–Kier alpha value is -0.805. The van der Waals surface area contributed by atoms with Crippen molar-refractivity contribution in [3.8, 4) is 0 Å². The average Bonchev–Trinajstić information content (AvgIpc) is 2.56. The Morgan fingerprint density at radius 1 is 1.62 bits per heavy atom. The van der Waals surface area contributed by atoms with Crippen LogP contribution in [0.15, 0.2) is 12.3 Å². The zero-order valence-electron chi connectivity index (χ0n) is 8.15. The molecule has 5 heteroatoms. The minimum absolute atomic E-state index is 0.192. The van der Waals surface area contributed by atoms with Crippen molar-refractivity contribution < 1.29 is 9.31 Å². The molecule has 0 spiro atoms. The van der Waals surface area contributed by atoms with E-state index in [0.717, 1.165) is 5.59 Å². The molecule has 2 heterocycles. The maximum absolute atomic E-state index is 5.65. The number of aryl methyl sites for hydroxylation is 1. The van der Waals surface area contributed by atoms with E-state index in [1.807, 2.05) is 33.2 Å². The number of aromatic nitrogens is 2. The second-order valence-corrected chi connectivity index (χ2v) is 3.93. The van der Waals surface area contributed by atoms with Gasteiger partial charge in [-0.3, -0.25) is 4.68 Å². The minimum Gasteiger partial charge on any atom is -0.403 e. The Bertz CT molecular complexity index is 311. The summed E-state index contributed by atoms with van der Waals surface area (Å²) in [5.41, 5.74) is 0.649. The summed E-state index contributed by atoms with van der Waals surface area (Å²) in [7, 11) is 1.58. The molecule has 1 aliphatic heterocycles. The first-order valence-electron chi connectivity index (χ1n) is 4.36. The van der Waals surface area contributed by atoms with Crippen LogP contribution >= 0.6 is 0 Å². The first kappa shape index (κ1) is 8.78. The Balaban J connectivity index is 2.12. The maximum atomic E-state index is 5.65. The van der Waals surface area contributed by atoms with Gasteiger partial charge in [0.2, 0.25) is 0 Å². The summed E-state index contributed by atoms with van der Waals surface area (Å²) in [4.78, 5) is 0. The molecule has 0 aliphatic carbocycles. The van der Waals surface area contributed by atoms with Crippen molar-refractivity contribution >= 4 is 12.7 Å². The van der Waals surface area contributed by atoms with Gasteiger partial charge in [0.05, 0.1) is 17.8 Å². The SMILES string of the molecule is Cn1ccc(B2OCC(C)(C)O2)n1. The summed E-state index contributed by atoms with van der Waals surface area (Å²) in [6.07, 6.45) is 1.88. The normalized spacial score (nSPS) is 21.0. The summed E-state index contributed by atoms with van der Waals surface area (Å²) in [6.45, 7) is 4.64. The molecule has 0 radical (unpaired) electrons. The molecule has 1 fully saturated rings. The van der Waals surface area contributed by atoms with Gasteiger partial charge in [-0.1, -0.05) is 0 Å². The van der Waals surface area contributed by atoms with Crippen molar-refractivity contribution in [2.45, 2.75) is 19.4 Å². The zero-order valence-corrected chi connectivity index (χ0v) is 8.15. The number of nitrogens with zero attached hydrogens (tertiary/aromatic N) is 2. The van der Waals surface area contributed by atoms with E-state index in [9.17, 15) is 0 Å². The van der Waals surface area contributed by atoms with Gasteiger partial charge in [0.15, 0.2) is 0 Å². The molecular weight excluding hydrogens is 167 g/mol. The van der Waals surface area contributed by atoms with Crippen LogP contribution in [-0.4, -0.2) is 29.1 Å². The van der Waals surface area contributed by atoms with E-state index in [0.29, 0.717) is 6.61 Å². The molecule has 1 saturated heterocycles. The molecule has 1 aliphatic rings. The van der Waals surface area contributed by atoms with Crippen LogP contribution in [0.4, 0.5) is 0 Å². The molecule has 2 rings (SSSR count). The van der Waals surface area contributed by atoms with Crippen LogP contribution in [0, 0.1) is 0 Å². The molecule has 4 nitrogen and oxygen atoms in total. The van der Waals surface area contributed by atoms with Gasteiger partial charge in [-0.15, -0.1) is 0 Å². The fourth-order valence-corrected chi connectivity index (χ4v) is 1.34. The highest BCUT2D eigenvalue weighted by atomic mass is 16.7. The van der Waals surface area contributed by atoms with Gasteiger partial charge >= 0.3 is 7.12 Å². The van der Waals surface area contributed by atoms with E-state index < -0.39 is 0 Å². The smallest absolute Gasteiger partial charge is 0.403 e. The van der Waals surface area contributed by atoms with Crippen LogP contribution in [-0.2, 0) is 16.4 Å². The first-order chi connectivity index (χ1) is 6.07. The van der Waals surface area contributed by atoms with Crippen molar-refractivity contribution in [1.29, 1.82) is 0 Å². The maximum Gasteiger partial charge on any atom is 0.516 e. The van der Waals surface area contributed by atoms with E-state index in [1.54, 1.807) is 4.68 Å². The van der Waals surface area contributed by atoms with Crippen LogP contribution in [0.2, 0.25) is 0 Å². The third-order valence-corrected chi connectivity index (χ3v) is 1.98. The van der Waals surface area contributed by atoms with Gasteiger partial charge < -0.3 is 9.31 Å². The van der Waals surface area contributed by atoms with Gasteiger partial charge in [-0.25, -0.2) is 0 Å². The molecule has 0 bridgehead atoms. The molecular formula is C8H13BN2O2. The molecule has 13 heavy (non-hydrogen) atoms. The predicted octanol–water partition coefficient (Wildman–Crippen LogP) is -0.0593. The van der Waals surface area contributed by atoms with Gasteiger partial charge in [-0.2, -0.15) is 5.10 Å². The van der Waals surface area contributed by atoms with Crippen molar-refractivity contribution in [2.24, 2.45) is 7.05 Å². The summed E-state index contributed by atoms with van der Waals surface area (Å²) < 4.78 is 12.9. The molecule has 0 saturated carbocycles. The lowest BCUT2D eigenvalue weighted by atomic mass is 9.85. The van der Waals surface area contributed by atoms with E-state index in [-0.39, 0.29) is 12.7 Å². The second kappa shape index (κ2) is 2.85. The lowest BCUT2D eigenvalue weighted by Gasteiger charge is -2.14. The van der Waals surface area contributed by atoms with Crippen LogP contribution < -0.4 is 5.59 Å². The van der Waals surface area contributed by atoms with Crippen LogP contribution in [0.3, 0.4) is 0 Å². The molecule has 0 aromatic carbocycles. The summed E-state index contributed by atoms with van der Waals surface area (Å²) in [5.74, 6) is 0. The van der Waals surface area contributed by atoms with E-state index in [2.05, 4.69) is 5.10 Å². The van der Waals surface area contributed by atoms with Gasteiger partial charge in [0.1, 0.15) is 0 Å². The third kappa shape index (κ3) is 1.76. The summed E-state index contributed by atoms with van der Waals surface area (Å²) in [6, 6.07) is 1.91. The Kier molecular flexibility index (Phi) is 1.93. The number of rotatable bonds is 1. The van der Waals surface area contributed by atoms with Crippen molar-refractivity contribution in [2.75, 3.05) is 6.61 Å². The average molecular weight is 180 g/mol. The Morgan fingerprint density at radius 3 is 2.85 bits per heavy atom. The molecule has 1 aromatic rings. The van der Waals surface area contributed by atoms with Gasteiger partial charge in [0, 0.05) is 13.2 Å². The summed E-state index contributed by atoms with van der Waals surface area (Å²) in [5, 5.41) is 4.22. The fraction of sp³-hybridized carbons (Fsp3) is 0.625. The van der Waals surface area contributed by atoms with E-state index in [4.69, 9.17) is 9.31 Å². The van der Waals surface area contributed by atoms with Crippen LogP contribution in [0.1, 0.15) is 13.8 Å².